The number of ketones is 1. The molecule has 0 saturated heterocycles. The van der Waals surface area contributed by atoms with Gasteiger partial charge in [-0.1, -0.05) is 19.4 Å². The molecule has 3 nitrogen and oxygen atoms in total. The zero-order valence-electron chi connectivity index (χ0n) is 10.9. The topological polar surface area (TPSA) is 39.4 Å². The van der Waals surface area contributed by atoms with Crippen molar-refractivity contribution in [2.75, 3.05) is 6.61 Å². The van der Waals surface area contributed by atoms with Crippen LogP contribution in [0.1, 0.15) is 30.3 Å². The van der Waals surface area contributed by atoms with Crippen molar-refractivity contribution in [2.45, 2.75) is 26.1 Å². The number of rotatable bonds is 6. The first-order chi connectivity index (χ1) is 8.76. The molecule has 0 saturated carbocycles. The van der Waals surface area contributed by atoms with Gasteiger partial charge in [0.2, 0.25) is 0 Å². The quantitative estimate of drug-likeness (QED) is 0.445. The third kappa shape index (κ3) is 2.58. The predicted molar refractivity (Wildman–Crippen MR) is 74.3 cm³/mol. The largest absolute Gasteiger partial charge is 0.493 e. The molecule has 18 heavy (non-hydrogen) atoms. The van der Waals surface area contributed by atoms with Crippen LogP contribution in [-0.4, -0.2) is 20.2 Å². The van der Waals surface area contributed by atoms with E-state index in [0.717, 1.165) is 24.0 Å². The van der Waals surface area contributed by atoms with Crippen molar-refractivity contribution in [3.63, 3.8) is 0 Å². The van der Waals surface area contributed by atoms with Crippen LogP contribution in [0, 0.1) is 0 Å². The van der Waals surface area contributed by atoms with E-state index in [0.29, 0.717) is 24.3 Å². The second-order valence-corrected chi connectivity index (χ2v) is 4.26. The molecule has 0 aliphatic carbocycles. The van der Waals surface area contributed by atoms with Crippen LogP contribution in [0.4, 0.5) is 0 Å². The minimum absolute atomic E-state index is 0.0192. The maximum Gasteiger partial charge on any atom is 0.190 e. The van der Waals surface area contributed by atoms with Crippen LogP contribution in [0.5, 0.6) is 5.75 Å². The zero-order chi connectivity index (χ0) is 13.0. The Morgan fingerprint density at radius 1 is 1.44 bits per heavy atom. The Morgan fingerprint density at radius 3 is 3.00 bits per heavy atom. The van der Waals surface area contributed by atoms with Gasteiger partial charge in [-0.25, -0.2) is 0 Å². The normalized spacial score (nSPS) is 10.7. The standard InChI is InChI=1S/C14H17BO3/c1-2-3-7-17-12-5-4-6-13-10(12)8-14(18-13)11(16)9-15/h4-6,8H,2-3,7,9,15H2,1H3. The number of benzene rings is 1. The van der Waals surface area contributed by atoms with Crippen LogP contribution in [0.25, 0.3) is 11.0 Å². The van der Waals surface area contributed by atoms with Crippen LogP contribution in [0.15, 0.2) is 28.7 Å². The highest BCUT2D eigenvalue weighted by Gasteiger charge is 2.13. The van der Waals surface area contributed by atoms with Crippen molar-refractivity contribution in [3.8, 4) is 5.75 Å². The Hall–Kier alpha value is -1.71. The molecule has 94 valence electrons. The fourth-order valence-electron chi connectivity index (χ4n) is 1.80. The van der Waals surface area contributed by atoms with E-state index < -0.39 is 0 Å². The number of hydrogen-bond donors (Lipinski definition) is 0. The summed E-state index contributed by atoms with van der Waals surface area (Å²) in [5.41, 5.74) is 0.709. The van der Waals surface area contributed by atoms with Crippen LogP contribution < -0.4 is 4.74 Å². The molecule has 1 aromatic heterocycles. The summed E-state index contributed by atoms with van der Waals surface area (Å²) in [5.74, 6) is 1.23. The van der Waals surface area contributed by atoms with E-state index in [1.165, 1.54) is 0 Å². The SMILES string of the molecule is BCC(=O)c1cc2c(OCCCC)cccc2o1. The van der Waals surface area contributed by atoms with Gasteiger partial charge in [-0.15, -0.1) is 0 Å². The molecule has 0 fully saturated rings. The van der Waals surface area contributed by atoms with Crippen molar-refractivity contribution in [3.05, 3.63) is 30.0 Å². The van der Waals surface area contributed by atoms with Crippen molar-refractivity contribution in [1.29, 1.82) is 0 Å². The van der Waals surface area contributed by atoms with Gasteiger partial charge in [0.1, 0.15) is 19.2 Å². The molecule has 0 amide bonds. The van der Waals surface area contributed by atoms with E-state index in [1.807, 2.05) is 26.0 Å². The number of unbranched alkanes of at least 4 members (excludes halogenated alkanes) is 1. The van der Waals surface area contributed by atoms with E-state index in [1.54, 1.807) is 6.07 Å². The molecule has 2 rings (SSSR count). The van der Waals surface area contributed by atoms with Gasteiger partial charge in [-0.3, -0.25) is 4.79 Å². The van der Waals surface area contributed by atoms with Gasteiger partial charge >= 0.3 is 0 Å². The fourth-order valence-corrected chi connectivity index (χ4v) is 1.80. The maximum atomic E-state index is 11.6. The minimum Gasteiger partial charge on any atom is -0.493 e. The highest BCUT2D eigenvalue weighted by molar-refractivity contribution is 6.23. The third-order valence-corrected chi connectivity index (χ3v) is 2.87. The summed E-state index contributed by atoms with van der Waals surface area (Å²) in [7, 11) is 1.83. The Bertz CT molecular complexity index is 545. The van der Waals surface area contributed by atoms with Crippen molar-refractivity contribution >= 4 is 24.6 Å². The third-order valence-electron chi connectivity index (χ3n) is 2.87. The first-order valence-corrected chi connectivity index (χ1v) is 6.44. The highest BCUT2D eigenvalue weighted by Crippen LogP contribution is 2.29. The molecular weight excluding hydrogens is 227 g/mol. The smallest absolute Gasteiger partial charge is 0.190 e. The number of fused-ring (bicyclic) bond motifs is 1. The molecule has 0 unspecified atom stereocenters. The molecule has 1 aromatic carbocycles. The predicted octanol–water partition coefficient (Wildman–Crippen LogP) is 2.85. The van der Waals surface area contributed by atoms with Crippen LogP contribution in [-0.2, 0) is 0 Å². The van der Waals surface area contributed by atoms with E-state index in [9.17, 15) is 4.79 Å². The van der Waals surface area contributed by atoms with Gasteiger partial charge in [0.15, 0.2) is 11.5 Å². The van der Waals surface area contributed by atoms with Crippen molar-refractivity contribution < 1.29 is 13.9 Å². The summed E-state index contributed by atoms with van der Waals surface area (Å²) in [5, 5.41) is 0.880. The molecule has 0 aliphatic heterocycles. The molecule has 0 spiro atoms. The highest BCUT2D eigenvalue weighted by atomic mass is 16.5. The molecular formula is C14H17BO3. The number of hydrogen-bond acceptors (Lipinski definition) is 3. The summed E-state index contributed by atoms with van der Waals surface area (Å²) in [4.78, 5) is 11.6. The van der Waals surface area contributed by atoms with Crippen molar-refractivity contribution in [2.24, 2.45) is 0 Å². The lowest BCUT2D eigenvalue weighted by Gasteiger charge is -2.05. The Morgan fingerprint density at radius 2 is 2.28 bits per heavy atom. The second-order valence-electron chi connectivity index (χ2n) is 4.26. The molecule has 0 N–H and O–H groups in total. The lowest BCUT2D eigenvalue weighted by molar-refractivity contribution is 0.0990. The minimum atomic E-state index is 0.0192. The lowest BCUT2D eigenvalue weighted by Crippen LogP contribution is -1.96. The van der Waals surface area contributed by atoms with Crippen molar-refractivity contribution in [1.82, 2.24) is 0 Å². The average Bonchev–Trinajstić information content (AvgIpc) is 2.83. The molecule has 0 radical (unpaired) electrons. The van der Waals surface area contributed by atoms with E-state index in [4.69, 9.17) is 9.15 Å². The van der Waals surface area contributed by atoms with Crippen LogP contribution in [0.2, 0.25) is 6.32 Å². The second kappa shape index (κ2) is 5.76. The van der Waals surface area contributed by atoms with Gasteiger partial charge in [0.25, 0.3) is 0 Å². The summed E-state index contributed by atoms with van der Waals surface area (Å²) in [6.07, 6.45) is 2.57. The van der Waals surface area contributed by atoms with Gasteiger partial charge in [0, 0.05) is 0 Å². The van der Waals surface area contributed by atoms with E-state index in [-0.39, 0.29) is 5.78 Å². The summed E-state index contributed by atoms with van der Waals surface area (Å²) in [6, 6.07) is 7.43. The lowest BCUT2D eigenvalue weighted by atomic mass is 9.99. The van der Waals surface area contributed by atoms with Gasteiger partial charge < -0.3 is 9.15 Å². The fraction of sp³-hybridized carbons (Fsp3) is 0.357. The summed E-state index contributed by atoms with van der Waals surface area (Å²) >= 11 is 0. The van der Waals surface area contributed by atoms with Crippen LogP contribution in [0.3, 0.4) is 0 Å². The molecule has 0 bridgehead atoms. The molecule has 0 aliphatic rings. The zero-order valence-corrected chi connectivity index (χ0v) is 10.9. The van der Waals surface area contributed by atoms with Gasteiger partial charge in [-0.2, -0.15) is 0 Å². The number of furan rings is 1. The monoisotopic (exact) mass is 244 g/mol. The van der Waals surface area contributed by atoms with E-state index >= 15 is 0 Å². The summed E-state index contributed by atoms with van der Waals surface area (Å²) in [6.45, 7) is 2.82. The Balaban J connectivity index is 2.30. The number of carbonyl (C=O) groups excluding carboxylic acids is 1. The number of carbonyl (C=O) groups is 1. The van der Waals surface area contributed by atoms with E-state index in [2.05, 4.69) is 6.92 Å². The first-order valence-electron chi connectivity index (χ1n) is 6.44. The van der Waals surface area contributed by atoms with Gasteiger partial charge in [-0.05, 0) is 30.9 Å². The molecule has 4 heteroatoms. The van der Waals surface area contributed by atoms with Crippen LogP contribution >= 0.6 is 0 Å². The number of Topliss-reactive ketones (excluding diaryl/α,β-unsaturated/α-hetero) is 1. The molecule has 2 aromatic rings. The average molecular weight is 244 g/mol. The number of ether oxygens (including phenoxy) is 1. The molecule has 0 atom stereocenters. The molecule has 1 heterocycles. The Kier molecular flexibility index (Phi) is 4.08. The maximum absolute atomic E-state index is 11.6. The summed E-state index contributed by atoms with van der Waals surface area (Å²) < 4.78 is 11.3. The first kappa shape index (κ1) is 12.7. The Labute approximate surface area is 108 Å². The van der Waals surface area contributed by atoms with Gasteiger partial charge in [0.05, 0.1) is 12.0 Å².